The van der Waals surface area contributed by atoms with Crippen LogP contribution in [-0.2, 0) is 9.59 Å². The maximum atomic E-state index is 11.4. The quantitative estimate of drug-likeness (QED) is 0.402. The Bertz CT molecular complexity index is 299. The first-order valence-corrected chi connectivity index (χ1v) is 4.82. The highest BCUT2D eigenvalue weighted by Crippen LogP contribution is 2.54. The first kappa shape index (κ1) is 8.38. The van der Waals surface area contributed by atoms with E-state index in [4.69, 9.17) is 0 Å². The van der Waals surface area contributed by atoms with Crippen LogP contribution in [0.1, 0.15) is 6.42 Å². The van der Waals surface area contributed by atoms with E-state index in [0.717, 1.165) is 0 Å². The van der Waals surface area contributed by atoms with Gasteiger partial charge in [-0.15, -0.1) is 0 Å². The number of imide groups is 1. The fourth-order valence-electron chi connectivity index (χ4n) is 3.35. The van der Waals surface area contributed by atoms with Gasteiger partial charge in [-0.25, -0.2) is 0 Å². The first-order chi connectivity index (χ1) is 6.61. The summed E-state index contributed by atoms with van der Waals surface area (Å²) in [6, 6.07) is 0. The third-order valence-corrected chi connectivity index (χ3v) is 3.93. The SMILES string of the molecule is O=C1NC(=O)[C@H]2[C@@H]1[C@H]1C[C@@H]2C(O)[C@H]1O. The van der Waals surface area contributed by atoms with Crippen LogP contribution in [0, 0.1) is 23.7 Å². The average molecular weight is 197 g/mol. The molecule has 2 aliphatic carbocycles. The fraction of sp³-hybridized carbons (Fsp3) is 0.778. The van der Waals surface area contributed by atoms with Crippen LogP contribution in [0.4, 0.5) is 0 Å². The predicted molar refractivity (Wildman–Crippen MR) is 43.7 cm³/mol. The van der Waals surface area contributed by atoms with E-state index in [1.807, 2.05) is 0 Å². The Morgan fingerprint density at radius 3 is 1.86 bits per heavy atom. The average Bonchev–Trinajstić information content (AvgIpc) is 2.71. The molecule has 76 valence electrons. The molecule has 1 heterocycles. The lowest BCUT2D eigenvalue weighted by molar-refractivity contribution is -0.129. The molecule has 0 aromatic carbocycles. The zero-order valence-electron chi connectivity index (χ0n) is 7.38. The number of carbonyl (C=O) groups excluding carboxylic acids is 2. The van der Waals surface area contributed by atoms with Crippen molar-refractivity contribution >= 4 is 11.8 Å². The summed E-state index contributed by atoms with van der Waals surface area (Å²) in [5.74, 6) is -1.81. The molecule has 0 aromatic rings. The van der Waals surface area contributed by atoms with Crippen LogP contribution in [0.2, 0.25) is 0 Å². The van der Waals surface area contributed by atoms with E-state index in [-0.39, 0.29) is 23.7 Å². The van der Waals surface area contributed by atoms with Gasteiger partial charge in [0.15, 0.2) is 0 Å². The highest BCUT2D eigenvalue weighted by Gasteiger charge is 2.64. The maximum absolute atomic E-state index is 11.4. The monoisotopic (exact) mass is 197 g/mol. The lowest BCUT2D eigenvalue weighted by Crippen LogP contribution is -2.43. The van der Waals surface area contributed by atoms with Crippen LogP contribution < -0.4 is 5.32 Å². The van der Waals surface area contributed by atoms with Crippen LogP contribution >= 0.6 is 0 Å². The molecule has 5 heteroatoms. The molecule has 3 fully saturated rings. The summed E-state index contributed by atoms with van der Waals surface area (Å²) in [5.41, 5.74) is 0. The van der Waals surface area contributed by atoms with Gasteiger partial charge in [-0.3, -0.25) is 14.9 Å². The van der Waals surface area contributed by atoms with Crippen molar-refractivity contribution in [3.63, 3.8) is 0 Å². The largest absolute Gasteiger partial charge is 0.390 e. The van der Waals surface area contributed by atoms with Crippen LogP contribution in [0.3, 0.4) is 0 Å². The van der Waals surface area contributed by atoms with Crippen molar-refractivity contribution in [2.45, 2.75) is 18.6 Å². The second kappa shape index (κ2) is 2.35. The van der Waals surface area contributed by atoms with Crippen molar-refractivity contribution in [1.82, 2.24) is 5.32 Å². The summed E-state index contributed by atoms with van der Waals surface area (Å²) in [6.07, 6.45) is -1.08. The lowest BCUT2D eigenvalue weighted by Gasteiger charge is -2.29. The fourth-order valence-corrected chi connectivity index (χ4v) is 3.35. The minimum Gasteiger partial charge on any atom is -0.390 e. The van der Waals surface area contributed by atoms with Gasteiger partial charge in [0.05, 0.1) is 24.0 Å². The number of carbonyl (C=O) groups is 2. The van der Waals surface area contributed by atoms with Gasteiger partial charge in [-0.2, -0.15) is 0 Å². The lowest BCUT2D eigenvalue weighted by atomic mass is 9.78. The Morgan fingerprint density at radius 2 is 1.43 bits per heavy atom. The molecule has 3 rings (SSSR count). The number of aliphatic hydroxyl groups excluding tert-OH is 2. The van der Waals surface area contributed by atoms with Crippen LogP contribution in [0.15, 0.2) is 0 Å². The minimum absolute atomic E-state index is 0.230. The Balaban J connectivity index is 2.01. The van der Waals surface area contributed by atoms with Crippen molar-refractivity contribution in [2.75, 3.05) is 0 Å². The summed E-state index contributed by atoms with van der Waals surface area (Å²) >= 11 is 0. The molecule has 6 atom stereocenters. The minimum atomic E-state index is -0.835. The molecule has 2 bridgehead atoms. The number of aliphatic hydroxyl groups is 2. The molecule has 2 saturated carbocycles. The summed E-state index contributed by atoms with van der Waals surface area (Å²) in [4.78, 5) is 22.8. The molecule has 2 amide bonds. The van der Waals surface area contributed by atoms with Crippen LogP contribution in [0.5, 0.6) is 0 Å². The molecular formula is C9H11NO4. The second-order valence-electron chi connectivity index (χ2n) is 4.45. The third-order valence-electron chi connectivity index (χ3n) is 3.93. The number of hydrogen-bond acceptors (Lipinski definition) is 4. The van der Waals surface area contributed by atoms with Gasteiger partial charge in [0.25, 0.3) is 0 Å². The molecule has 0 spiro atoms. The van der Waals surface area contributed by atoms with Gasteiger partial charge in [0, 0.05) is 11.8 Å². The molecule has 1 saturated heterocycles. The van der Waals surface area contributed by atoms with Crippen LogP contribution in [0.25, 0.3) is 0 Å². The van der Waals surface area contributed by atoms with E-state index in [1.165, 1.54) is 0 Å². The number of nitrogens with one attached hydrogen (secondary N) is 1. The van der Waals surface area contributed by atoms with Crippen molar-refractivity contribution in [3.05, 3.63) is 0 Å². The molecule has 0 radical (unpaired) electrons. The highest BCUT2D eigenvalue weighted by molar-refractivity contribution is 6.06. The zero-order valence-corrected chi connectivity index (χ0v) is 7.38. The molecule has 1 unspecified atom stereocenters. The second-order valence-corrected chi connectivity index (χ2v) is 4.45. The Morgan fingerprint density at radius 1 is 1.00 bits per heavy atom. The van der Waals surface area contributed by atoms with E-state index >= 15 is 0 Å². The molecular weight excluding hydrogens is 186 g/mol. The van der Waals surface area contributed by atoms with Gasteiger partial charge in [-0.1, -0.05) is 0 Å². The number of fused-ring (bicyclic) bond motifs is 5. The number of rotatable bonds is 0. The number of hydrogen-bond donors (Lipinski definition) is 3. The smallest absolute Gasteiger partial charge is 0.230 e. The van der Waals surface area contributed by atoms with Gasteiger partial charge >= 0.3 is 0 Å². The summed E-state index contributed by atoms with van der Waals surface area (Å²) in [5, 5.41) is 21.5. The van der Waals surface area contributed by atoms with Crippen LogP contribution in [-0.4, -0.2) is 34.2 Å². The number of amides is 2. The van der Waals surface area contributed by atoms with Gasteiger partial charge in [-0.05, 0) is 6.42 Å². The molecule has 1 aliphatic heterocycles. The molecule has 3 aliphatic rings. The van der Waals surface area contributed by atoms with Crippen molar-refractivity contribution in [3.8, 4) is 0 Å². The van der Waals surface area contributed by atoms with E-state index in [1.54, 1.807) is 0 Å². The summed E-state index contributed by atoms with van der Waals surface area (Å²) < 4.78 is 0. The van der Waals surface area contributed by atoms with Gasteiger partial charge in [0.1, 0.15) is 0 Å². The Kier molecular flexibility index (Phi) is 1.41. The van der Waals surface area contributed by atoms with Gasteiger partial charge < -0.3 is 10.2 Å². The third kappa shape index (κ3) is 0.734. The summed E-state index contributed by atoms with van der Waals surface area (Å²) in [6.45, 7) is 0. The van der Waals surface area contributed by atoms with E-state index in [9.17, 15) is 19.8 Å². The van der Waals surface area contributed by atoms with E-state index in [2.05, 4.69) is 5.32 Å². The molecule has 14 heavy (non-hydrogen) atoms. The predicted octanol–water partition coefficient (Wildman–Crippen LogP) is -1.75. The molecule has 5 nitrogen and oxygen atoms in total. The van der Waals surface area contributed by atoms with E-state index < -0.39 is 24.0 Å². The normalized spacial score (nSPS) is 55.0. The standard InChI is InChI=1S/C9H11NO4/c11-6-2-1-3(7(6)12)5-4(2)8(13)10-9(5)14/h2-7,11-12H,1H2,(H,10,13,14)/t2-,3+,4+,5-,6+,7?/m1/s1. The van der Waals surface area contributed by atoms with E-state index in [0.29, 0.717) is 6.42 Å². The van der Waals surface area contributed by atoms with Gasteiger partial charge in [0.2, 0.25) is 11.8 Å². The van der Waals surface area contributed by atoms with Crippen molar-refractivity contribution in [2.24, 2.45) is 23.7 Å². The Hall–Kier alpha value is -0.940. The summed E-state index contributed by atoms with van der Waals surface area (Å²) in [7, 11) is 0. The molecule has 3 N–H and O–H groups in total. The molecule has 0 aromatic heterocycles. The Labute approximate surface area is 80.1 Å². The van der Waals surface area contributed by atoms with Crippen molar-refractivity contribution in [1.29, 1.82) is 0 Å². The first-order valence-electron chi connectivity index (χ1n) is 4.82. The maximum Gasteiger partial charge on any atom is 0.230 e. The zero-order chi connectivity index (χ0) is 10.0. The topological polar surface area (TPSA) is 86.6 Å². The highest BCUT2D eigenvalue weighted by atomic mass is 16.3. The van der Waals surface area contributed by atoms with Crippen molar-refractivity contribution < 1.29 is 19.8 Å².